The molecule has 0 spiro atoms. The Bertz CT molecular complexity index is 7.61. The van der Waals surface area contributed by atoms with E-state index < -0.39 is 15.3 Å². The minimum absolute atomic E-state index is 0.562. The molecule has 0 saturated carbocycles. The van der Waals surface area contributed by atoms with E-state index in [0.29, 0.717) is 0 Å². The van der Waals surface area contributed by atoms with E-state index in [-0.39, 0.29) is 0 Å². The van der Waals surface area contributed by atoms with E-state index in [4.69, 9.17) is 8.44 Å². The van der Waals surface area contributed by atoms with Crippen molar-refractivity contribution in [2.75, 3.05) is 0 Å². The Kier molecular flexibility index (Phi) is 34.9. The zero-order valence-electron chi connectivity index (χ0n) is 1.86. The van der Waals surface area contributed by atoms with Gasteiger partial charge in [-0.05, 0) is 0 Å². The van der Waals surface area contributed by atoms with Gasteiger partial charge in [-0.2, -0.15) is 0 Å². The zero-order chi connectivity index (χ0) is 4.71. The monoisotopic (exact) mass is 209 g/mol. The normalized spacial score (nSPS) is 6.00. The van der Waals surface area contributed by atoms with Gasteiger partial charge in [0.2, 0.25) is 0 Å². The summed E-state index contributed by atoms with van der Waals surface area (Å²) in [5.41, 5.74) is 0. The molecule has 2 nitrogen and oxygen atoms in total. The van der Waals surface area contributed by atoms with Crippen LogP contribution in [0, 0.1) is 0 Å². The summed E-state index contributed by atoms with van der Waals surface area (Å²) >= 11 is 6.44. The molecule has 5 heavy (non-hydrogen) atoms. The summed E-state index contributed by atoms with van der Waals surface area (Å²) in [5, 5.41) is 0. The SMILES string of the molecule is [Ni][Ni].[OH][Co][OH]. The van der Waals surface area contributed by atoms with Gasteiger partial charge in [0.05, 0.1) is 0 Å². The third-order valence-corrected chi connectivity index (χ3v) is 0. The predicted octanol–water partition coefficient (Wildman–Crippen LogP) is -1.12. The van der Waals surface area contributed by atoms with Crippen molar-refractivity contribution < 1.29 is 51.4 Å². The molecule has 0 aromatic heterocycles. The second-order valence-corrected chi connectivity index (χ2v) is 0.275. The quantitative estimate of drug-likeness (QED) is 0.497. The van der Waals surface area contributed by atoms with E-state index in [0.717, 1.165) is 0 Å². The van der Waals surface area contributed by atoms with Crippen LogP contribution in [-0.2, 0) is 42.9 Å². The summed E-state index contributed by atoms with van der Waals surface area (Å²) in [4.78, 5) is 0. The van der Waals surface area contributed by atoms with E-state index >= 15 is 0 Å². The van der Waals surface area contributed by atoms with Crippen molar-refractivity contribution in [3.05, 3.63) is 0 Å². The summed E-state index contributed by atoms with van der Waals surface area (Å²) in [6, 6.07) is 0. The van der Waals surface area contributed by atoms with Crippen LogP contribution in [0.15, 0.2) is 0 Å². The number of hydrogen-bond acceptors (Lipinski definition) is 2. The Morgan fingerprint density at radius 3 is 1.20 bits per heavy atom. The van der Waals surface area contributed by atoms with Crippen LogP contribution in [0.2, 0.25) is 0 Å². The van der Waals surface area contributed by atoms with Gasteiger partial charge < -0.3 is 0 Å². The van der Waals surface area contributed by atoms with Gasteiger partial charge in [0, 0.05) is 0 Å². The maximum absolute atomic E-state index is 7.09. The molecule has 0 bridgehead atoms. The molecule has 0 aromatic rings. The van der Waals surface area contributed by atoms with Gasteiger partial charge in [0.15, 0.2) is 0 Å². The van der Waals surface area contributed by atoms with Crippen LogP contribution in [0.3, 0.4) is 0 Å². The molecule has 0 unspecified atom stereocenters. The summed E-state index contributed by atoms with van der Waals surface area (Å²) in [6.07, 6.45) is 0. The minimum atomic E-state index is -0.562. The molecule has 0 rings (SSSR count). The van der Waals surface area contributed by atoms with Gasteiger partial charge in [-0.25, -0.2) is 0 Å². The first-order valence-corrected chi connectivity index (χ1v) is 2.93. The summed E-state index contributed by atoms with van der Waals surface area (Å²) in [5.74, 6) is 0. The average Bonchev–Trinajstić information content (AvgIpc) is 1.46. The van der Waals surface area contributed by atoms with Crippen molar-refractivity contribution in [2.45, 2.75) is 0 Å². The van der Waals surface area contributed by atoms with Crippen molar-refractivity contribution in [3.63, 3.8) is 0 Å². The molecule has 0 atom stereocenters. The van der Waals surface area contributed by atoms with Gasteiger partial charge in [0.25, 0.3) is 0 Å². The van der Waals surface area contributed by atoms with Crippen LogP contribution < -0.4 is 0 Å². The van der Waals surface area contributed by atoms with Crippen LogP contribution in [0.4, 0.5) is 0 Å². The maximum atomic E-state index is 7.09. The van der Waals surface area contributed by atoms with Crippen molar-refractivity contribution >= 4 is 0 Å². The molecular weight excluding hydrogens is 208 g/mol. The van der Waals surface area contributed by atoms with Crippen molar-refractivity contribution in [2.24, 2.45) is 0 Å². The van der Waals surface area contributed by atoms with E-state index in [1.165, 1.54) is 0 Å². The fourth-order valence-corrected chi connectivity index (χ4v) is 0. The number of hydrogen-bond donors (Lipinski definition) is 2. The van der Waals surface area contributed by atoms with Crippen molar-refractivity contribution in [1.29, 1.82) is 0 Å². The first-order valence-electron chi connectivity index (χ1n) is 0.398. The molecule has 2 N–H and O–H groups in total. The van der Waals surface area contributed by atoms with Crippen LogP contribution in [0.25, 0.3) is 0 Å². The van der Waals surface area contributed by atoms with Gasteiger partial charge in [-0.1, -0.05) is 0 Å². The molecule has 0 amide bonds. The predicted molar refractivity (Wildman–Crippen MR) is 4.44 cm³/mol. The van der Waals surface area contributed by atoms with E-state index in [9.17, 15) is 0 Å². The Morgan fingerprint density at radius 1 is 1.20 bits per heavy atom. The molecule has 5 heteroatoms. The molecule has 0 aliphatic rings. The summed E-state index contributed by atoms with van der Waals surface area (Å²) < 4.78 is 14.2. The fourth-order valence-electron chi connectivity index (χ4n) is 0. The first kappa shape index (κ1) is 9.65. The Hall–Kier alpha value is 1.41. The van der Waals surface area contributed by atoms with Crippen molar-refractivity contribution in [3.8, 4) is 0 Å². The summed E-state index contributed by atoms with van der Waals surface area (Å²) in [7, 11) is 0. The molecular formula is H2CoNi2O2. The third-order valence-electron chi connectivity index (χ3n) is 0. The Balaban J connectivity index is 0. The average molecular weight is 210 g/mol. The van der Waals surface area contributed by atoms with Crippen LogP contribution in [0.5, 0.6) is 0 Å². The molecule has 0 radical (unpaired) electrons. The first-order chi connectivity index (χ1) is 2.41. The Morgan fingerprint density at radius 2 is 1.20 bits per heavy atom. The van der Waals surface area contributed by atoms with Gasteiger partial charge in [0.1, 0.15) is 0 Å². The second kappa shape index (κ2) is 18.1. The molecule has 0 saturated heterocycles. The van der Waals surface area contributed by atoms with Gasteiger partial charge in [-0.15, -0.1) is 0 Å². The third kappa shape index (κ3) is 31.6. The Labute approximate surface area is 51.4 Å². The molecule has 43 valence electrons. The number of rotatable bonds is 0. The fraction of sp³-hybridized carbons (Fsp3) is 0. The van der Waals surface area contributed by atoms with E-state index in [2.05, 4.69) is 27.6 Å². The molecule has 0 aliphatic carbocycles. The van der Waals surface area contributed by atoms with Crippen molar-refractivity contribution in [1.82, 2.24) is 0 Å². The summed E-state index contributed by atoms with van der Waals surface area (Å²) in [6.45, 7) is 0. The molecule has 0 fully saturated rings. The van der Waals surface area contributed by atoms with Gasteiger partial charge >= 0.3 is 51.4 Å². The molecule has 0 aliphatic heterocycles. The molecule has 0 aromatic carbocycles. The zero-order valence-corrected chi connectivity index (χ0v) is 4.88. The molecule has 0 heterocycles. The van der Waals surface area contributed by atoms with Crippen LogP contribution in [0.1, 0.15) is 0 Å². The second-order valence-electron chi connectivity index (χ2n) is 0.0667. The van der Waals surface area contributed by atoms with Crippen LogP contribution in [-0.4, -0.2) is 8.44 Å². The van der Waals surface area contributed by atoms with Crippen LogP contribution >= 0.6 is 0 Å². The topological polar surface area (TPSA) is 40.5 Å². The van der Waals surface area contributed by atoms with Gasteiger partial charge in [-0.3, -0.25) is 0 Å². The van der Waals surface area contributed by atoms with E-state index in [1.54, 1.807) is 0 Å². The standard InChI is InChI=1S/Co.2Ni.2H2O/h;;;2*1H2/q+2;;;;/p-2. The van der Waals surface area contributed by atoms with E-state index in [1.807, 2.05) is 0 Å².